The Morgan fingerprint density at radius 1 is 0.971 bits per heavy atom. The van der Waals surface area contributed by atoms with E-state index in [1.54, 1.807) is 35.6 Å². The number of carbonyl (C=O) groups excluding carboxylic acids is 1. The van der Waals surface area contributed by atoms with E-state index < -0.39 is 47.8 Å². The van der Waals surface area contributed by atoms with Gasteiger partial charge in [-0.2, -0.15) is 26.3 Å². The first-order valence-electron chi connectivity index (χ1n) is 10.1. The van der Waals surface area contributed by atoms with Crippen LogP contribution >= 0.6 is 0 Å². The number of alkyl halides is 6. The SMILES string of the molecule is Cc1cc(F)cc([C@](Cc2ccccc2)(NC(=O)NCC(F)(F)F)c2nccc(C(F)(F)F)n2)c1. The lowest BCUT2D eigenvalue weighted by molar-refractivity contribution is -0.141. The predicted octanol–water partition coefficient (Wildman–Crippen LogP) is 5.29. The van der Waals surface area contributed by atoms with E-state index in [1.165, 1.54) is 13.0 Å². The number of nitrogens with one attached hydrogen (secondary N) is 2. The van der Waals surface area contributed by atoms with Crippen LogP contribution in [0.4, 0.5) is 35.5 Å². The number of carbonyl (C=O) groups is 1. The van der Waals surface area contributed by atoms with Gasteiger partial charge in [-0.05, 0) is 41.8 Å². The number of hydrogen-bond donors (Lipinski definition) is 2. The summed E-state index contributed by atoms with van der Waals surface area (Å²) in [4.78, 5) is 20.1. The molecule has 0 radical (unpaired) electrons. The summed E-state index contributed by atoms with van der Waals surface area (Å²) in [5.41, 5.74) is -2.65. The summed E-state index contributed by atoms with van der Waals surface area (Å²) in [6, 6.07) is 10.8. The highest BCUT2D eigenvalue weighted by Crippen LogP contribution is 2.35. The van der Waals surface area contributed by atoms with Gasteiger partial charge in [-0.25, -0.2) is 19.2 Å². The van der Waals surface area contributed by atoms with Crippen molar-refractivity contribution in [2.24, 2.45) is 0 Å². The van der Waals surface area contributed by atoms with Crippen molar-refractivity contribution in [2.45, 2.75) is 31.2 Å². The highest BCUT2D eigenvalue weighted by molar-refractivity contribution is 5.76. The molecule has 3 aromatic rings. The molecule has 12 heteroatoms. The third-order valence-electron chi connectivity index (χ3n) is 4.95. The average Bonchev–Trinajstić information content (AvgIpc) is 2.76. The van der Waals surface area contributed by atoms with Gasteiger partial charge in [-0.3, -0.25) is 0 Å². The van der Waals surface area contributed by atoms with Crippen LogP contribution in [-0.2, 0) is 18.1 Å². The standard InChI is InChI=1S/C23H19F7N4O/c1-14-9-16(11-17(24)10-14)21(12-15-5-3-2-4-6-15,34-20(35)32-13-22(25,26)27)19-31-8-7-18(33-19)23(28,29)30/h2-11H,12-13H2,1H3,(H2,32,34,35)/t21-/m0/s1. The van der Waals surface area contributed by atoms with Gasteiger partial charge >= 0.3 is 18.4 Å². The van der Waals surface area contributed by atoms with E-state index in [-0.39, 0.29) is 12.0 Å². The quantitative estimate of drug-likeness (QED) is 0.452. The van der Waals surface area contributed by atoms with Crippen LogP contribution in [0, 0.1) is 12.7 Å². The van der Waals surface area contributed by atoms with Gasteiger partial charge in [0, 0.05) is 12.6 Å². The Labute approximate surface area is 195 Å². The topological polar surface area (TPSA) is 66.9 Å². The normalized spacial score (nSPS) is 13.7. The zero-order chi connectivity index (χ0) is 25.9. The summed E-state index contributed by atoms with van der Waals surface area (Å²) in [7, 11) is 0. The maximum atomic E-state index is 14.4. The van der Waals surface area contributed by atoms with Crippen molar-refractivity contribution in [1.82, 2.24) is 20.6 Å². The van der Waals surface area contributed by atoms with Crippen LogP contribution in [-0.4, -0.2) is 28.7 Å². The summed E-state index contributed by atoms with van der Waals surface area (Å²) in [5.74, 6) is -1.36. The molecule has 1 heterocycles. The summed E-state index contributed by atoms with van der Waals surface area (Å²) < 4.78 is 92.9. The first-order chi connectivity index (χ1) is 16.3. The molecule has 1 atom stereocenters. The largest absolute Gasteiger partial charge is 0.433 e. The van der Waals surface area contributed by atoms with Crippen LogP contribution < -0.4 is 10.6 Å². The van der Waals surface area contributed by atoms with E-state index in [4.69, 9.17) is 0 Å². The lowest BCUT2D eigenvalue weighted by Gasteiger charge is -2.35. The number of amides is 2. The zero-order valence-electron chi connectivity index (χ0n) is 18.1. The van der Waals surface area contributed by atoms with Crippen LogP contribution in [0.1, 0.15) is 28.2 Å². The summed E-state index contributed by atoms with van der Waals surface area (Å²) >= 11 is 0. The monoisotopic (exact) mass is 500 g/mol. The zero-order valence-corrected chi connectivity index (χ0v) is 18.1. The van der Waals surface area contributed by atoms with Gasteiger partial charge in [0.05, 0.1) is 0 Å². The summed E-state index contributed by atoms with van der Waals surface area (Å²) in [5, 5.41) is 3.94. The molecule has 0 bridgehead atoms. The molecule has 2 amide bonds. The molecule has 0 saturated heterocycles. The smallest absolute Gasteiger partial charge is 0.329 e. The van der Waals surface area contributed by atoms with Gasteiger partial charge in [0.25, 0.3) is 0 Å². The van der Waals surface area contributed by atoms with E-state index in [2.05, 4.69) is 15.3 Å². The molecule has 3 rings (SSSR count). The Morgan fingerprint density at radius 3 is 2.26 bits per heavy atom. The molecule has 0 aliphatic heterocycles. The Morgan fingerprint density at radius 2 is 1.66 bits per heavy atom. The number of rotatable bonds is 6. The van der Waals surface area contributed by atoms with Gasteiger partial charge in [-0.1, -0.05) is 36.4 Å². The first-order valence-corrected chi connectivity index (χ1v) is 10.1. The highest BCUT2D eigenvalue weighted by Gasteiger charge is 2.42. The molecule has 0 saturated carbocycles. The second-order valence-electron chi connectivity index (χ2n) is 7.77. The van der Waals surface area contributed by atoms with Crippen molar-refractivity contribution in [3.63, 3.8) is 0 Å². The molecular weight excluding hydrogens is 481 g/mol. The average molecular weight is 500 g/mol. The fourth-order valence-corrected chi connectivity index (χ4v) is 3.51. The second-order valence-corrected chi connectivity index (χ2v) is 7.77. The number of urea groups is 1. The second kappa shape index (κ2) is 9.88. The third-order valence-corrected chi connectivity index (χ3v) is 4.95. The van der Waals surface area contributed by atoms with Gasteiger partial charge in [0.15, 0.2) is 5.82 Å². The van der Waals surface area contributed by atoms with Crippen molar-refractivity contribution in [3.8, 4) is 0 Å². The van der Waals surface area contributed by atoms with Crippen molar-refractivity contribution in [1.29, 1.82) is 0 Å². The van der Waals surface area contributed by atoms with E-state index in [9.17, 15) is 35.5 Å². The molecule has 5 nitrogen and oxygen atoms in total. The minimum atomic E-state index is -4.88. The number of aryl methyl sites for hydroxylation is 1. The fourth-order valence-electron chi connectivity index (χ4n) is 3.51. The number of benzene rings is 2. The van der Waals surface area contributed by atoms with E-state index in [1.807, 2.05) is 0 Å². The fraction of sp³-hybridized carbons (Fsp3) is 0.261. The van der Waals surface area contributed by atoms with E-state index in [0.717, 1.165) is 18.3 Å². The lowest BCUT2D eigenvalue weighted by Crippen LogP contribution is -2.54. The number of halogens is 7. The van der Waals surface area contributed by atoms with Crippen LogP contribution in [0.15, 0.2) is 60.8 Å². The van der Waals surface area contributed by atoms with Crippen LogP contribution in [0.2, 0.25) is 0 Å². The molecule has 186 valence electrons. The molecule has 0 unspecified atom stereocenters. The van der Waals surface area contributed by atoms with Crippen LogP contribution in [0.5, 0.6) is 0 Å². The van der Waals surface area contributed by atoms with Gasteiger partial charge < -0.3 is 10.6 Å². The predicted molar refractivity (Wildman–Crippen MR) is 112 cm³/mol. The molecule has 2 aromatic carbocycles. The van der Waals surface area contributed by atoms with Gasteiger partial charge in [0.2, 0.25) is 0 Å². The van der Waals surface area contributed by atoms with Gasteiger partial charge in [0.1, 0.15) is 23.6 Å². The molecular formula is C23H19F7N4O. The Kier molecular flexibility index (Phi) is 7.32. The summed E-state index contributed by atoms with van der Waals surface area (Å²) in [6.45, 7) is -0.192. The first kappa shape index (κ1) is 25.9. The Hall–Kier alpha value is -3.70. The van der Waals surface area contributed by atoms with Gasteiger partial charge in [-0.15, -0.1) is 0 Å². The van der Waals surface area contributed by atoms with Crippen molar-refractivity contribution in [2.75, 3.05) is 6.54 Å². The molecule has 0 aliphatic carbocycles. The minimum Gasteiger partial charge on any atom is -0.329 e. The third kappa shape index (κ3) is 6.67. The molecule has 0 aliphatic rings. The molecule has 2 N–H and O–H groups in total. The Bertz CT molecular complexity index is 1160. The van der Waals surface area contributed by atoms with Crippen LogP contribution in [0.25, 0.3) is 0 Å². The Balaban J connectivity index is 2.24. The van der Waals surface area contributed by atoms with E-state index >= 15 is 0 Å². The number of hydrogen-bond acceptors (Lipinski definition) is 3. The van der Waals surface area contributed by atoms with Crippen molar-refractivity contribution >= 4 is 6.03 Å². The molecule has 0 fully saturated rings. The molecule has 35 heavy (non-hydrogen) atoms. The van der Waals surface area contributed by atoms with Crippen molar-refractivity contribution in [3.05, 3.63) is 94.8 Å². The lowest BCUT2D eigenvalue weighted by atomic mass is 9.82. The molecule has 1 aromatic heterocycles. The summed E-state index contributed by atoms with van der Waals surface area (Å²) in [6.07, 6.45) is -9.11. The minimum absolute atomic E-state index is 0.0552. The van der Waals surface area contributed by atoms with Crippen molar-refractivity contribution < 1.29 is 35.5 Å². The van der Waals surface area contributed by atoms with E-state index in [0.29, 0.717) is 17.2 Å². The molecule has 0 spiro atoms. The maximum Gasteiger partial charge on any atom is 0.433 e. The highest BCUT2D eigenvalue weighted by atomic mass is 19.4. The number of aromatic nitrogens is 2. The number of nitrogens with zero attached hydrogens (tertiary/aromatic N) is 2. The maximum absolute atomic E-state index is 14.4. The van der Waals surface area contributed by atoms with Crippen LogP contribution in [0.3, 0.4) is 0 Å².